The van der Waals surface area contributed by atoms with E-state index in [0.717, 1.165) is 12.8 Å². The molecule has 1 aliphatic heterocycles. The summed E-state index contributed by atoms with van der Waals surface area (Å²) >= 11 is 0. The number of fused-ring (bicyclic) bond motifs is 1. The number of nitrogens with zero attached hydrogens (tertiary/aromatic N) is 4. The molecular formula is C36H61N6O9P. The zero-order chi connectivity index (χ0) is 37.8. The van der Waals surface area contributed by atoms with Gasteiger partial charge in [-0.2, -0.15) is 10.4 Å². The maximum Gasteiger partial charge on any atom is 0.406 e. The van der Waals surface area contributed by atoms with Gasteiger partial charge in [-0.3, -0.25) is 13.8 Å². The first-order valence-electron chi connectivity index (χ1n) is 19.1. The molecule has 1 saturated heterocycles. The van der Waals surface area contributed by atoms with Crippen LogP contribution in [0.3, 0.4) is 0 Å². The summed E-state index contributed by atoms with van der Waals surface area (Å²) in [5, 5.41) is 38.8. The number of anilines is 1. The maximum atomic E-state index is 13.8. The number of esters is 1. The molecule has 0 bridgehead atoms. The quantitative estimate of drug-likeness (QED) is 0.0465. The van der Waals surface area contributed by atoms with Gasteiger partial charge in [0, 0.05) is 13.2 Å². The van der Waals surface area contributed by atoms with Crippen molar-refractivity contribution in [3.05, 3.63) is 24.2 Å². The molecule has 0 amide bonds. The van der Waals surface area contributed by atoms with Crippen LogP contribution in [-0.4, -0.2) is 88.2 Å². The van der Waals surface area contributed by atoms with Crippen LogP contribution in [0.2, 0.25) is 0 Å². The number of nitrogens with two attached hydrogens (primary N) is 1. The predicted molar refractivity (Wildman–Crippen MR) is 196 cm³/mol. The van der Waals surface area contributed by atoms with E-state index >= 15 is 0 Å². The maximum absolute atomic E-state index is 13.8. The average molecular weight is 753 g/mol. The van der Waals surface area contributed by atoms with Gasteiger partial charge in [-0.25, -0.2) is 19.2 Å². The fraction of sp³-hybridized carbons (Fsp3) is 0.778. The summed E-state index contributed by atoms with van der Waals surface area (Å²) in [6, 6.07) is 3.94. The van der Waals surface area contributed by atoms with E-state index in [1.165, 1.54) is 101 Å². The van der Waals surface area contributed by atoms with E-state index < -0.39 is 50.3 Å². The fourth-order valence-corrected chi connectivity index (χ4v) is 7.75. The van der Waals surface area contributed by atoms with Gasteiger partial charge in [0.2, 0.25) is 5.60 Å². The molecule has 3 rings (SSSR count). The van der Waals surface area contributed by atoms with E-state index in [1.54, 1.807) is 13.0 Å². The number of unbranched alkanes of at least 4 members (excludes halogenated alkanes) is 13. The summed E-state index contributed by atoms with van der Waals surface area (Å²) in [6.07, 6.45) is 15.0. The van der Waals surface area contributed by atoms with Crippen LogP contribution in [0, 0.1) is 11.3 Å². The summed E-state index contributed by atoms with van der Waals surface area (Å²) in [4.78, 5) is 16.2. The third-order valence-electron chi connectivity index (χ3n) is 9.22. The molecule has 1 aliphatic rings. The number of hydrogen-bond acceptors (Lipinski definition) is 13. The molecule has 0 radical (unpaired) electrons. The van der Waals surface area contributed by atoms with Crippen molar-refractivity contribution in [2.45, 2.75) is 147 Å². The van der Waals surface area contributed by atoms with Crippen molar-refractivity contribution in [3.8, 4) is 6.07 Å². The number of aliphatic hydroxyl groups is 2. The first-order valence-corrected chi connectivity index (χ1v) is 20.6. The molecule has 294 valence electrons. The lowest BCUT2D eigenvalue weighted by Crippen LogP contribution is -2.41. The van der Waals surface area contributed by atoms with Gasteiger partial charge in [0.1, 0.15) is 42.3 Å². The Bertz CT molecular complexity index is 1420. The molecular weight excluding hydrogens is 691 g/mol. The smallest absolute Gasteiger partial charge is 0.406 e. The van der Waals surface area contributed by atoms with Gasteiger partial charge in [0.15, 0.2) is 5.82 Å². The Balaban J connectivity index is 1.41. The highest BCUT2D eigenvalue weighted by molar-refractivity contribution is 7.51. The van der Waals surface area contributed by atoms with Gasteiger partial charge in [0.05, 0.1) is 25.5 Å². The molecule has 16 heteroatoms. The average Bonchev–Trinajstić information content (AvgIpc) is 3.68. The molecule has 0 unspecified atom stereocenters. The van der Waals surface area contributed by atoms with E-state index in [4.69, 9.17) is 29.0 Å². The van der Waals surface area contributed by atoms with Crippen LogP contribution >= 0.6 is 7.75 Å². The first kappa shape index (κ1) is 43.7. The summed E-state index contributed by atoms with van der Waals surface area (Å²) in [6.45, 7) is 5.90. The Labute approximate surface area is 308 Å². The Morgan fingerprint density at radius 2 is 1.62 bits per heavy atom. The molecule has 52 heavy (non-hydrogen) atoms. The Hall–Kier alpha value is -2.67. The lowest BCUT2D eigenvalue weighted by Gasteiger charge is -2.25. The Morgan fingerprint density at radius 1 is 1.00 bits per heavy atom. The number of aliphatic hydroxyl groups excluding tert-OH is 2. The summed E-state index contributed by atoms with van der Waals surface area (Å²) in [5.41, 5.74) is 4.33. The molecule has 3 heterocycles. The highest BCUT2D eigenvalue weighted by Gasteiger charge is 2.58. The van der Waals surface area contributed by atoms with Crippen molar-refractivity contribution < 1.29 is 42.8 Å². The van der Waals surface area contributed by atoms with Gasteiger partial charge >= 0.3 is 13.7 Å². The van der Waals surface area contributed by atoms with Crippen molar-refractivity contribution in [1.29, 1.82) is 5.26 Å². The number of rotatable bonds is 28. The predicted octanol–water partition coefficient (Wildman–Crippen LogP) is 5.72. The van der Waals surface area contributed by atoms with Crippen molar-refractivity contribution in [3.63, 3.8) is 0 Å². The van der Waals surface area contributed by atoms with Crippen LogP contribution in [0.15, 0.2) is 18.5 Å². The van der Waals surface area contributed by atoms with Crippen LogP contribution in [-0.2, 0) is 38.2 Å². The zero-order valence-electron chi connectivity index (χ0n) is 31.2. The third kappa shape index (κ3) is 13.0. The molecule has 6 atom stereocenters. The van der Waals surface area contributed by atoms with Crippen LogP contribution < -0.4 is 10.8 Å². The molecule has 0 aliphatic carbocycles. The number of hydrogen-bond donors (Lipinski definition) is 4. The minimum Gasteiger partial charge on any atom is -0.465 e. The van der Waals surface area contributed by atoms with Gasteiger partial charge in [0.25, 0.3) is 0 Å². The summed E-state index contributed by atoms with van der Waals surface area (Å²) < 4.78 is 43.1. The van der Waals surface area contributed by atoms with Crippen molar-refractivity contribution in [1.82, 2.24) is 19.7 Å². The van der Waals surface area contributed by atoms with Gasteiger partial charge < -0.3 is 30.2 Å². The standard InChI is InChI=1S/C36H61N6O9P/c1-4-6-7-8-9-10-11-12-13-14-15-16-17-18-22-47-23-19-24-49-52(46,41-28(3)35(45)48-5-2)50-25-30-32(43)33(44)36(26-37,51-30)31-21-20-29-34(38)39-27-40-42(29)31/h20-21,27-28,30,32-33,43-44H,4-19,22-25H2,1-3H3,(H,41,46)(H2,38,39,40)/t28-,30+,32+,33+,36-,52+/m0/s1. The number of nitrogen functional groups attached to an aromatic ring is 1. The second-order valence-corrected chi connectivity index (χ2v) is 15.2. The SMILES string of the molecule is CCCCCCCCCCCCCCCCOCCCO[P@](=O)(N[C@@H](C)C(=O)OCC)OC[C@H]1O[C@@](C#N)(c2ccc3c(N)ncnn23)[C@H](O)[C@@H]1O. The van der Waals surface area contributed by atoms with Gasteiger partial charge in [-0.1, -0.05) is 90.4 Å². The topological polar surface area (TPSA) is 213 Å². The lowest BCUT2D eigenvalue weighted by molar-refractivity contribution is -0.144. The molecule has 2 aromatic heterocycles. The molecule has 2 aromatic rings. The van der Waals surface area contributed by atoms with Crippen molar-refractivity contribution in [2.75, 3.05) is 38.8 Å². The molecule has 15 nitrogen and oxygen atoms in total. The van der Waals surface area contributed by atoms with Crippen LogP contribution in [0.4, 0.5) is 5.82 Å². The fourth-order valence-electron chi connectivity index (χ4n) is 6.24. The molecule has 0 saturated carbocycles. The monoisotopic (exact) mass is 752 g/mol. The molecule has 0 spiro atoms. The number of aromatic nitrogens is 3. The van der Waals surface area contributed by atoms with Gasteiger partial charge in [-0.15, -0.1) is 0 Å². The normalized spacial score (nSPS) is 22.0. The van der Waals surface area contributed by atoms with E-state index in [9.17, 15) is 24.8 Å². The van der Waals surface area contributed by atoms with E-state index in [1.807, 2.05) is 6.07 Å². The van der Waals surface area contributed by atoms with Crippen LogP contribution in [0.5, 0.6) is 0 Å². The third-order valence-corrected chi connectivity index (χ3v) is 10.9. The largest absolute Gasteiger partial charge is 0.465 e. The summed E-state index contributed by atoms with van der Waals surface area (Å²) in [5.74, 6) is -0.522. The minimum absolute atomic E-state index is 0.0192. The van der Waals surface area contributed by atoms with Crippen LogP contribution in [0.1, 0.15) is 123 Å². The number of nitrogens with one attached hydrogen (secondary N) is 1. The van der Waals surface area contributed by atoms with Crippen molar-refractivity contribution >= 4 is 25.1 Å². The number of carbonyl (C=O) groups is 1. The Morgan fingerprint density at radius 3 is 2.23 bits per heavy atom. The van der Waals surface area contributed by atoms with E-state index in [2.05, 4.69) is 22.1 Å². The zero-order valence-corrected chi connectivity index (χ0v) is 32.1. The lowest BCUT2D eigenvalue weighted by atomic mass is 9.92. The van der Waals surface area contributed by atoms with E-state index in [0.29, 0.717) is 25.2 Å². The first-order chi connectivity index (χ1) is 25.1. The van der Waals surface area contributed by atoms with Gasteiger partial charge in [-0.05, 0) is 38.8 Å². The molecule has 1 fully saturated rings. The highest BCUT2D eigenvalue weighted by Crippen LogP contribution is 2.47. The van der Waals surface area contributed by atoms with E-state index in [-0.39, 0.29) is 24.7 Å². The highest BCUT2D eigenvalue weighted by atomic mass is 31.2. The number of ether oxygens (including phenoxy) is 3. The van der Waals surface area contributed by atoms with Crippen molar-refractivity contribution in [2.24, 2.45) is 0 Å². The minimum atomic E-state index is -4.20. The molecule has 0 aromatic carbocycles. The Kier molecular flexibility index (Phi) is 19.5. The molecule has 5 N–H and O–H groups in total. The second kappa shape index (κ2) is 23.2. The number of carbonyl (C=O) groups excluding carboxylic acids is 1. The van der Waals surface area contributed by atoms with Crippen LogP contribution in [0.25, 0.3) is 5.52 Å². The summed E-state index contributed by atoms with van der Waals surface area (Å²) in [7, 11) is -4.20. The second-order valence-electron chi connectivity index (χ2n) is 13.4. The number of nitriles is 1.